The molecule has 0 bridgehead atoms. The van der Waals surface area contributed by atoms with Crippen LogP contribution in [0.1, 0.15) is 65.2 Å². The summed E-state index contributed by atoms with van der Waals surface area (Å²) in [4.78, 5) is 7.07. The third-order valence-electron chi connectivity index (χ3n) is 5.99. The van der Waals surface area contributed by atoms with Crippen molar-refractivity contribution in [1.29, 1.82) is 0 Å². The van der Waals surface area contributed by atoms with Gasteiger partial charge < -0.3 is 10.6 Å². The van der Waals surface area contributed by atoms with Crippen molar-refractivity contribution in [3.8, 4) is 0 Å². The van der Waals surface area contributed by atoms with Gasteiger partial charge in [-0.1, -0.05) is 33.1 Å². The Bertz CT molecular complexity index is 583. The normalized spacial score (nSPS) is 24.0. The van der Waals surface area contributed by atoms with Crippen molar-refractivity contribution >= 4 is 15.8 Å². The average molecular weight is 401 g/mol. The zero-order valence-electron chi connectivity index (χ0n) is 17.8. The van der Waals surface area contributed by atoms with Gasteiger partial charge in [-0.25, -0.2) is 8.42 Å². The maximum atomic E-state index is 11.4. The van der Waals surface area contributed by atoms with E-state index in [0.29, 0.717) is 19.0 Å². The number of likely N-dealkylation sites (tertiary alicyclic amines) is 1. The lowest BCUT2D eigenvalue weighted by atomic mass is 9.90. The molecule has 2 N–H and O–H groups in total. The van der Waals surface area contributed by atoms with Crippen molar-refractivity contribution < 1.29 is 8.42 Å². The first-order chi connectivity index (χ1) is 12.7. The molecular weight excluding hydrogens is 360 g/mol. The number of nitrogens with zero attached hydrogens (tertiary/aromatic N) is 2. The van der Waals surface area contributed by atoms with Crippen molar-refractivity contribution in [2.45, 2.75) is 77.3 Å². The van der Waals surface area contributed by atoms with Crippen LogP contribution in [0.4, 0.5) is 0 Å². The zero-order valence-corrected chi connectivity index (χ0v) is 18.6. The van der Waals surface area contributed by atoms with Crippen LogP contribution in [0.2, 0.25) is 0 Å². The summed E-state index contributed by atoms with van der Waals surface area (Å²) in [6.45, 7) is 7.24. The zero-order chi connectivity index (χ0) is 19.9. The van der Waals surface area contributed by atoms with Crippen molar-refractivity contribution in [3.63, 3.8) is 0 Å². The van der Waals surface area contributed by atoms with Crippen LogP contribution in [0.3, 0.4) is 0 Å². The molecule has 1 aliphatic heterocycles. The molecule has 1 aliphatic carbocycles. The van der Waals surface area contributed by atoms with Crippen LogP contribution < -0.4 is 10.6 Å². The van der Waals surface area contributed by atoms with Gasteiger partial charge >= 0.3 is 0 Å². The number of aliphatic imine (C=N–C) groups is 1. The maximum absolute atomic E-state index is 11.4. The number of sulfone groups is 1. The summed E-state index contributed by atoms with van der Waals surface area (Å²) in [5, 5.41) is 7.01. The molecule has 6 nitrogen and oxygen atoms in total. The minimum Gasteiger partial charge on any atom is -0.356 e. The maximum Gasteiger partial charge on any atom is 0.191 e. The fourth-order valence-electron chi connectivity index (χ4n) is 4.16. The van der Waals surface area contributed by atoms with Crippen LogP contribution in [0, 0.1) is 5.41 Å². The predicted molar refractivity (Wildman–Crippen MR) is 114 cm³/mol. The molecule has 2 fully saturated rings. The van der Waals surface area contributed by atoms with Gasteiger partial charge in [0.15, 0.2) is 5.96 Å². The van der Waals surface area contributed by atoms with Gasteiger partial charge in [0, 0.05) is 38.5 Å². The van der Waals surface area contributed by atoms with E-state index >= 15 is 0 Å². The Morgan fingerprint density at radius 1 is 1.15 bits per heavy atom. The van der Waals surface area contributed by atoms with E-state index in [1.165, 1.54) is 57.7 Å². The molecule has 0 aromatic carbocycles. The molecule has 1 unspecified atom stereocenters. The number of guanidine groups is 1. The Morgan fingerprint density at radius 3 is 2.48 bits per heavy atom. The number of nitrogens with one attached hydrogen (secondary N) is 2. The molecule has 1 heterocycles. The Hall–Kier alpha value is -0.820. The Kier molecular flexibility index (Phi) is 8.40. The van der Waals surface area contributed by atoms with E-state index in [4.69, 9.17) is 0 Å². The molecule has 2 rings (SSSR count). The summed E-state index contributed by atoms with van der Waals surface area (Å²) in [6, 6.07) is 1.21. The topological polar surface area (TPSA) is 73.8 Å². The fourth-order valence-corrected chi connectivity index (χ4v) is 5.09. The lowest BCUT2D eigenvalue weighted by Gasteiger charge is -2.40. The summed E-state index contributed by atoms with van der Waals surface area (Å²) < 4.78 is 22.9. The van der Waals surface area contributed by atoms with Gasteiger partial charge in [0.2, 0.25) is 0 Å². The summed E-state index contributed by atoms with van der Waals surface area (Å²) in [5.74, 6) is 1.06. The smallest absolute Gasteiger partial charge is 0.191 e. The molecular formula is C20H40N4O2S. The molecule has 0 radical (unpaired) electrons. The van der Waals surface area contributed by atoms with E-state index in [9.17, 15) is 8.42 Å². The molecule has 0 amide bonds. The highest BCUT2D eigenvalue weighted by molar-refractivity contribution is 7.90. The predicted octanol–water partition coefficient (Wildman–Crippen LogP) is 2.41. The third kappa shape index (κ3) is 8.38. The van der Waals surface area contributed by atoms with Crippen LogP contribution in [0.5, 0.6) is 0 Å². The van der Waals surface area contributed by atoms with E-state index in [0.717, 1.165) is 18.5 Å². The SMILES string of the molecule is CN=C(NCC(C)(C)CCS(C)(=O)=O)NC1CCCN(C2CCCCC2)C1. The Morgan fingerprint density at radius 2 is 1.85 bits per heavy atom. The minimum absolute atomic E-state index is 0.0958. The van der Waals surface area contributed by atoms with Gasteiger partial charge in [0.1, 0.15) is 9.84 Å². The number of hydrogen-bond acceptors (Lipinski definition) is 4. The van der Waals surface area contributed by atoms with Crippen molar-refractivity contribution in [3.05, 3.63) is 0 Å². The van der Waals surface area contributed by atoms with E-state index in [1.54, 1.807) is 7.05 Å². The van der Waals surface area contributed by atoms with Crippen LogP contribution in [-0.2, 0) is 9.84 Å². The molecule has 0 spiro atoms. The largest absolute Gasteiger partial charge is 0.356 e. The third-order valence-corrected chi connectivity index (χ3v) is 6.94. The van der Waals surface area contributed by atoms with Crippen LogP contribution in [0.25, 0.3) is 0 Å². The lowest BCUT2D eigenvalue weighted by molar-refractivity contribution is 0.115. The van der Waals surface area contributed by atoms with Crippen molar-refractivity contribution in [2.75, 3.05) is 38.7 Å². The molecule has 0 aromatic heterocycles. The van der Waals surface area contributed by atoms with E-state index in [2.05, 4.69) is 34.4 Å². The molecule has 7 heteroatoms. The van der Waals surface area contributed by atoms with E-state index in [1.807, 2.05) is 0 Å². The molecule has 1 saturated heterocycles. The molecule has 158 valence electrons. The Labute approximate surface area is 166 Å². The molecule has 1 atom stereocenters. The van der Waals surface area contributed by atoms with Crippen molar-refractivity contribution in [1.82, 2.24) is 15.5 Å². The van der Waals surface area contributed by atoms with Gasteiger partial charge in [-0.3, -0.25) is 9.89 Å². The van der Waals surface area contributed by atoms with Gasteiger partial charge in [-0.2, -0.15) is 0 Å². The monoisotopic (exact) mass is 400 g/mol. The summed E-state index contributed by atoms with van der Waals surface area (Å²) in [6.07, 6.45) is 11.2. The molecule has 0 aromatic rings. The van der Waals surface area contributed by atoms with Crippen LogP contribution in [0.15, 0.2) is 4.99 Å². The van der Waals surface area contributed by atoms with Crippen LogP contribution >= 0.6 is 0 Å². The van der Waals surface area contributed by atoms with E-state index < -0.39 is 9.84 Å². The number of piperidine rings is 1. The standard InChI is InChI=1S/C20H40N4O2S/c1-20(2,12-14-27(4,25)26)16-22-19(21-3)23-17-9-8-13-24(15-17)18-10-6-5-7-11-18/h17-18H,5-16H2,1-4H3,(H2,21,22,23). The van der Waals surface area contributed by atoms with Gasteiger partial charge in [-0.05, 0) is 44.1 Å². The number of hydrogen-bond donors (Lipinski definition) is 2. The first kappa shape index (κ1) is 22.5. The first-order valence-electron chi connectivity index (χ1n) is 10.6. The molecule has 27 heavy (non-hydrogen) atoms. The highest BCUT2D eigenvalue weighted by atomic mass is 32.2. The lowest BCUT2D eigenvalue weighted by Crippen LogP contribution is -2.54. The highest BCUT2D eigenvalue weighted by Crippen LogP contribution is 2.25. The second-order valence-corrected chi connectivity index (χ2v) is 11.5. The van der Waals surface area contributed by atoms with Gasteiger partial charge in [0.05, 0.1) is 5.75 Å². The second-order valence-electron chi connectivity index (χ2n) is 9.24. The summed E-state index contributed by atoms with van der Waals surface area (Å²) >= 11 is 0. The average Bonchev–Trinajstić information content (AvgIpc) is 2.64. The second kappa shape index (κ2) is 10.1. The van der Waals surface area contributed by atoms with Gasteiger partial charge in [0.25, 0.3) is 0 Å². The molecule has 2 aliphatic rings. The van der Waals surface area contributed by atoms with Crippen LogP contribution in [-0.4, -0.2) is 70.1 Å². The number of rotatable bonds is 7. The van der Waals surface area contributed by atoms with Crippen molar-refractivity contribution in [2.24, 2.45) is 10.4 Å². The summed E-state index contributed by atoms with van der Waals surface area (Å²) in [7, 11) is -1.11. The minimum atomic E-state index is -2.92. The fraction of sp³-hybridized carbons (Fsp3) is 0.950. The van der Waals surface area contributed by atoms with Gasteiger partial charge in [-0.15, -0.1) is 0 Å². The Balaban J connectivity index is 1.79. The first-order valence-corrected chi connectivity index (χ1v) is 12.6. The quantitative estimate of drug-likeness (QED) is 0.507. The van der Waals surface area contributed by atoms with E-state index in [-0.39, 0.29) is 11.2 Å². The summed E-state index contributed by atoms with van der Waals surface area (Å²) in [5.41, 5.74) is -0.0958. The molecule has 1 saturated carbocycles. The highest BCUT2D eigenvalue weighted by Gasteiger charge is 2.27.